The van der Waals surface area contributed by atoms with Crippen molar-refractivity contribution in [1.82, 2.24) is 5.32 Å². The molecule has 0 bridgehead atoms. The van der Waals surface area contributed by atoms with Crippen molar-refractivity contribution in [2.45, 2.75) is 64.5 Å². The summed E-state index contributed by atoms with van der Waals surface area (Å²) in [5.41, 5.74) is 1.60. The Hall–Kier alpha value is -0.820. The molecule has 1 aliphatic rings. The Bertz CT molecular complexity index is 353. The monoisotopic (exact) mass is 245 g/mol. The highest BCUT2D eigenvalue weighted by Gasteiger charge is 2.37. The standard InChI is InChI=1S/C17H27N/c1-4-14(2)18-17(3,16-12-8-9-13-16)15-10-6-5-7-11-15/h5-7,10-11,14,16,18H,4,8-9,12-13H2,1-3H3. The molecule has 0 aliphatic heterocycles. The maximum atomic E-state index is 3.90. The molecule has 1 aromatic rings. The Balaban J connectivity index is 2.26. The lowest BCUT2D eigenvalue weighted by atomic mass is 9.78. The Morgan fingerprint density at radius 2 is 1.83 bits per heavy atom. The van der Waals surface area contributed by atoms with Gasteiger partial charge in [0.15, 0.2) is 0 Å². The molecule has 1 fully saturated rings. The molecule has 1 aromatic carbocycles. The molecule has 0 aromatic heterocycles. The van der Waals surface area contributed by atoms with Crippen molar-refractivity contribution in [3.8, 4) is 0 Å². The van der Waals surface area contributed by atoms with Crippen LogP contribution in [0, 0.1) is 5.92 Å². The lowest BCUT2D eigenvalue weighted by Gasteiger charge is -2.40. The predicted octanol–water partition coefficient (Wildman–Crippen LogP) is 4.48. The molecule has 1 heteroatoms. The van der Waals surface area contributed by atoms with E-state index in [1.165, 1.54) is 37.7 Å². The van der Waals surface area contributed by atoms with Crippen LogP contribution in [0.2, 0.25) is 0 Å². The zero-order valence-electron chi connectivity index (χ0n) is 12.1. The summed E-state index contributed by atoms with van der Waals surface area (Å²) in [6, 6.07) is 11.6. The summed E-state index contributed by atoms with van der Waals surface area (Å²) in [7, 11) is 0. The van der Waals surface area contributed by atoms with E-state index in [1.54, 1.807) is 0 Å². The van der Waals surface area contributed by atoms with Crippen LogP contribution in [0.15, 0.2) is 30.3 Å². The second-order valence-electron chi connectivity index (χ2n) is 6.00. The first-order valence-electron chi connectivity index (χ1n) is 7.50. The van der Waals surface area contributed by atoms with Crippen molar-refractivity contribution >= 4 is 0 Å². The van der Waals surface area contributed by atoms with Gasteiger partial charge in [0.2, 0.25) is 0 Å². The number of rotatable bonds is 5. The van der Waals surface area contributed by atoms with Gasteiger partial charge in [-0.25, -0.2) is 0 Å². The summed E-state index contributed by atoms with van der Waals surface area (Å²) < 4.78 is 0. The number of hydrogen-bond acceptors (Lipinski definition) is 1. The molecule has 1 nitrogen and oxygen atoms in total. The van der Waals surface area contributed by atoms with Gasteiger partial charge in [0.25, 0.3) is 0 Å². The van der Waals surface area contributed by atoms with E-state index in [1.807, 2.05) is 0 Å². The molecule has 0 amide bonds. The molecule has 1 aliphatic carbocycles. The zero-order valence-corrected chi connectivity index (χ0v) is 12.1. The van der Waals surface area contributed by atoms with E-state index in [4.69, 9.17) is 0 Å². The quantitative estimate of drug-likeness (QED) is 0.806. The molecule has 0 spiro atoms. The van der Waals surface area contributed by atoms with E-state index < -0.39 is 0 Å². The first-order chi connectivity index (χ1) is 8.66. The van der Waals surface area contributed by atoms with Crippen molar-refractivity contribution in [3.05, 3.63) is 35.9 Å². The molecule has 0 radical (unpaired) electrons. The lowest BCUT2D eigenvalue weighted by molar-refractivity contribution is 0.210. The highest BCUT2D eigenvalue weighted by Crippen LogP contribution is 2.40. The van der Waals surface area contributed by atoms with Crippen LogP contribution in [0.1, 0.15) is 58.4 Å². The first kappa shape index (κ1) is 13.6. The Labute approximate surface area is 112 Å². The largest absolute Gasteiger partial charge is 0.305 e. The number of nitrogens with one attached hydrogen (secondary N) is 1. The van der Waals surface area contributed by atoms with Gasteiger partial charge in [-0.15, -0.1) is 0 Å². The lowest BCUT2D eigenvalue weighted by Crippen LogP contribution is -2.49. The van der Waals surface area contributed by atoms with E-state index >= 15 is 0 Å². The smallest absolute Gasteiger partial charge is 0.0436 e. The zero-order chi connectivity index (χ0) is 13.0. The van der Waals surface area contributed by atoms with E-state index in [-0.39, 0.29) is 5.54 Å². The Kier molecular flexibility index (Phi) is 4.45. The van der Waals surface area contributed by atoms with Crippen LogP contribution in [0.25, 0.3) is 0 Å². The first-order valence-corrected chi connectivity index (χ1v) is 7.50. The fraction of sp³-hybridized carbons (Fsp3) is 0.647. The Morgan fingerprint density at radius 3 is 2.39 bits per heavy atom. The van der Waals surface area contributed by atoms with Gasteiger partial charge in [-0.3, -0.25) is 0 Å². The van der Waals surface area contributed by atoms with Crippen LogP contribution in [-0.2, 0) is 5.54 Å². The highest BCUT2D eigenvalue weighted by molar-refractivity contribution is 5.25. The van der Waals surface area contributed by atoms with Crippen LogP contribution in [0.4, 0.5) is 0 Å². The van der Waals surface area contributed by atoms with Gasteiger partial charge >= 0.3 is 0 Å². The molecule has 100 valence electrons. The summed E-state index contributed by atoms with van der Waals surface area (Å²) in [6.07, 6.45) is 6.73. The fourth-order valence-corrected chi connectivity index (χ4v) is 3.34. The molecular formula is C17H27N. The van der Waals surface area contributed by atoms with Crippen LogP contribution in [0.5, 0.6) is 0 Å². The summed E-state index contributed by atoms with van der Waals surface area (Å²) in [5, 5.41) is 3.90. The third kappa shape index (κ3) is 2.77. The minimum Gasteiger partial charge on any atom is -0.305 e. The molecule has 1 N–H and O–H groups in total. The SMILES string of the molecule is CCC(C)NC(C)(c1ccccc1)C1CCCC1. The van der Waals surface area contributed by atoms with E-state index in [0.29, 0.717) is 6.04 Å². The third-order valence-electron chi connectivity index (χ3n) is 4.70. The number of benzene rings is 1. The van der Waals surface area contributed by atoms with Crippen molar-refractivity contribution < 1.29 is 0 Å². The van der Waals surface area contributed by atoms with Gasteiger partial charge in [-0.05, 0) is 44.6 Å². The summed E-state index contributed by atoms with van der Waals surface area (Å²) >= 11 is 0. The van der Waals surface area contributed by atoms with Crippen LogP contribution in [0.3, 0.4) is 0 Å². The average Bonchev–Trinajstić information content (AvgIpc) is 2.94. The minimum absolute atomic E-state index is 0.146. The predicted molar refractivity (Wildman–Crippen MR) is 78.6 cm³/mol. The van der Waals surface area contributed by atoms with Crippen LogP contribution in [-0.4, -0.2) is 6.04 Å². The minimum atomic E-state index is 0.146. The number of hydrogen-bond donors (Lipinski definition) is 1. The van der Waals surface area contributed by atoms with Crippen LogP contribution >= 0.6 is 0 Å². The van der Waals surface area contributed by atoms with Gasteiger partial charge in [-0.1, -0.05) is 50.1 Å². The van der Waals surface area contributed by atoms with E-state index in [0.717, 1.165) is 5.92 Å². The molecule has 2 rings (SSSR count). The van der Waals surface area contributed by atoms with Crippen molar-refractivity contribution in [2.75, 3.05) is 0 Å². The van der Waals surface area contributed by atoms with Gasteiger partial charge in [0, 0.05) is 11.6 Å². The highest BCUT2D eigenvalue weighted by atomic mass is 15.0. The molecular weight excluding hydrogens is 218 g/mol. The Morgan fingerprint density at radius 1 is 1.22 bits per heavy atom. The molecule has 18 heavy (non-hydrogen) atoms. The van der Waals surface area contributed by atoms with Crippen LogP contribution < -0.4 is 5.32 Å². The topological polar surface area (TPSA) is 12.0 Å². The van der Waals surface area contributed by atoms with Crippen molar-refractivity contribution in [2.24, 2.45) is 5.92 Å². The third-order valence-corrected chi connectivity index (χ3v) is 4.70. The van der Waals surface area contributed by atoms with E-state index in [2.05, 4.69) is 56.4 Å². The molecule has 2 atom stereocenters. The molecule has 0 saturated heterocycles. The van der Waals surface area contributed by atoms with Gasteiger partial charge < -0.3 is 5.32 Å². The summed E-state index contributed by atoms with van der Waals surface area (Å²) in [5.74, 6) is 0.786. The summed E-state index contributed by atoms with van der Waals surface area (Å²) in [6.45, 7) is 6.97. The van der Waals surface area contributed by atoms with Gasteiger partial charge in [-0.2, -0.15) is 0 Å². The van der Waals surface area contributed by atoms with Gasteiger partial charge in [0.1, 0.15) is 0 Å². The maximum Gasteiger partial charge on any atom is 0.0436 e. The van der Waals surface area contributed by atoms with Gasteiger partial charge in [0.05, 0.1) is 0 Å². The second kappa shape index (κ2) is 5.88. The molecule has 2 unspecified atom stereocenters. The second-order valence-corrected chi connectivity index (χ2v) is 6.00. The van der Waals surface area contributed by atoms with Crippen molar-refractivity contribution in [1.29, 1.82) is 0 Å². The van der Waals surface area contributed by atoms with E-state index in [9.17, 15) is 0 Å². The summed E-state index contributed by atoms with van der Waals surface area (Å²) in [4.78, 5) is 0. The maximum absolute atomic E-state index is 3.90. The average molecular weight is 245 g/mol. The normalized spacial score (nSPS) is 21.7. The molecule has 1 saturated carbocycles. The fourth-order valence-electron chi connectivity index (χ4n) is 3.34. The van der Waals surface area contributed by atoms with Crippen molar-refractivity contribution in [3.63, 3.8) is 0 Å². The molecule has 0 heterocycles.